The number of carbonyl (C=O) groups is 1. The monoisotopic (exact) mass is 285 g/mol. The molecule has 1 heterocycles. The molecule has 110 valence electrons. The lowest BCUT2D eigenvalue weighted by atomic mass is 10.1. The van der Waals surface area contributed by atoms with E-state index < -0.39 is 5.97 Å². The van der Waals surface area contributed by atoms with Gasteiger partial charge in [0, 0.05) is 24.3 Å². The van der Waals surface area contributed by atoms with Crippen molar-refractivity contribution in [3.63, 3.8) is 0 Å². The topological polar surface area (TPSA) is 88.2 Å². The van der Waals surface area contributed by atoms with Crippen LogP contribution in [0.1, 0.15) is 32.7 Å². The molecular formula is C16H19N3O2. The minimum absolute atomic E-state index is 0.283. The molecule has 0 spiro atoms. The summed E-state index contributed by atoms with van der Waals surface area (Å²) in [5, 5.41) is 12.1. The van der Waals surface area contributed by atoms with E-state index in [0.717, 1.165) is 28.2 Å². The van der Waals surface area contributed by atoms with Crippen LogP contribution in [0.4, 0.5) is 5.82 Å². The van der Waals surface area contributed by atoms with Crippen LogP contribution in [0.5, 0.6) is 0 Å². The first kappa shape index (κ1) is 15.0. The molecule has 0 saturated heterocycles. The van der Waals surface area contributed by atoms with Gasteiger partial charge in [0.05, 0.1) is 5.56 Å². The van der Waals surface area contributed by atoms with Crippen molar-refractivity contribution in [3.05, 3.63) is 58.3 Å². The number of nitrogens with one attached hydrogen (secondary N) is 1. The van der Waals surface area contributed by atoms with E-state index in [1.165, 1.54) is 0 Å². The van der Waals surface area contributed by atoms with E-state index in [9.17, 15) is 4.79 Å². The second kappa shape index (κ2) is 6.37. The van der Waals surface area contributed by atoms with Gasteiger partial charge in [0.25, 0.3) is 0 Å². The van der Waals surface area contributed by atoms with Gasteiger partial charge < -0.3 is 16.2 Å². The minimum Gasteiger partial charge on any atom is -0.478 e. The second-order valence-corrected chi connectivity index (χ2v) is 4.97. The van der Waals surface area contributed by atoms with Gasteiger partial charge in [-0.15, -0.1) is 0 Å². The molecule has 0 aliphatic heterocycles. The van der Waals surface area contributed by atoms with Crippen molar-refractivity contribution < 1.29 is 9.90 Å². The zero-order valence-corrected chi connectivity index (χ0v) is 12.2. The van der Waals surface area contributed by atoms with Crippen LogP contribution in [0.25, 0.3) is 0 Å². The number of rotatable bonds is 5. The highest BCUT2D eigenvalue weighted by atomic mass is 16.4. The lowest BCUT2D eigenvalue weighted by molar-refractivity contribution is 0.0697. The van der Waals surface area contributed by atoms with E-state index in [1.54, 1.807) is 24.3 Å². The summed E-state index contributed by atoms with van der Waals surface area (Å²) in [7, 11) is 0. The van der Waals surface area contributed by atoms with Gasteiger partial charge in [0.2, 0.25) is 0 Å². The van der Waals surface area contributed by atoms with Crippen molar-refractivity contribution in [3.8, 4) is 0 Å². The first-order valence-electron chi connectivity index (χ1n) is 6.74. The standard InChI is InChI=1S/C16H19N3O2/c1-10-7-11(2)19-15(14(10)8-17)18-9-12-3-5-13(6-4-12)16(20)21/h3-7H,8-9,17H2,1-2H3,(H,18,19)(H,20,21). The molecule has 0 unspecified atom stereocenters. The summed E-state index contributed by atoms with van der Waals surface area (Å²) in [5.74, 6) is -0.131. The number of hydrogen-bond donors (Lipinski definition) is 3. The molecule has 21 heavy (non-hydrogen) atoms. The smallest absolute Gasteiger partial charge is 0.335 e. The summed E-state index contributed by atoms with van der Waals surface area (Å²) in [6.45, 7) is 4.96. The fourth-order valence-electron chi connectivity index (χ4n) is 2.22. The summed E-state index contributed by atoms with van der Waals surface area (Å²) in [6.07, 6.45) is 0. The molecule has 0 bridgehead atoms. The van der Waals surface area contributed by atoms with Crippen LogP contribution in [0.15, 0.2) is 30.3 Å². The highest BCUT2D eigenvalue weighted by Gasteiger charge is 2.07. The molecule has 1 aromatic heterocycles. The Bertz CT molecular complexity index is 651. The Balaban J connectivity index is 2.14. The number of nitrogens with zero attached hydrogens (tertiary/aromatic N) is 1. The number of aromatic nitrogens is 1. The average Bonchev–Trinajstić information content (AvgIpc) is 2.45. The van der Waals surface area contributed by atoms with Crippen LogP contribution in [-0.4, -0.2) is 16.1 Å². The maximum atomic E-state index is 10.8. The van der Waals surface area contributed by atoms with Gasteiger partial charge in [-0.05, 0) is 43.2 Å². The number of carboxylic acid groups (broad SMARTS) is 1. The Morgan fingerprint density at radius 2 is 1.95 bits per heavy atom. The minimum atomic E-state index is -0.920. The van der Waals surface area contributed by atoms with Crippen molar-refractivity contribution in [1.29, 1.82) is 0 Å². The van der Waals surface area contributed by atoms with E-state index >= 15 is 0 Å². The van der Waals surface area contributed by atoms with Crippen LogP contribution >= 0.6 is 0 Å². The molecule has 0 saturated carbocycles. The Morgan fingerprint density at radius 3 is 2.52 bits per heavy atom. The van der Waals surface area contributed by atoms with E-state index in [4.69, 9.17) is 10.8 Å². The summed E-state index contributed by atoms with van der Waals surface area (Å²) < 4.78 is 0. The Kier molecular flexibility index (Phi) is 4.55. The van der Waals surface area contributed by atoms with Gasteiger partial charge in [0.1, 0.15) is 5.82 Å². The molecule has 4 N–H and O–H groups in total. The van der Waals surface area contributed by atoms with Crippen LogP contribution in [0.3, 0.4) is 0 Å². The quantitative estimate of drug-likeness (QED) is 0.785. The van der Waals surface area contributed by atoms with Crippen molar-refractivity contribution in [2.75, 3.05) is 5.32 Å². The number of aromatic carboxylic acids is 1. The highest BCUT2D eigenvalue weighted by molar-refractivity contribution is 5.87. The van der Waals surface area contributed by atoms with Crippen molar-refractivity contribution in [2.24, 2.45) is 5.73 Å². The van der Waals surface area contributed by atoms with E-state index in [2.05, 4.69) is 10.3 Å². The largest absolute Gasteiger partial charge is 0.478 e. The van der Waals surface area contributed by atoms with Crippen LogP contribution in [-0.2, 0) is 13.1 Å². The number of carboxylic acids is 1. The molecular weight excluding hydrogens is 266 g/mol. The summed E-state index contributed by atoms with van der Waals surface area (Å²) in [5.41, 5.74) is 10.1. The molecule has 2 rings (SSSR count). The number of nitrogens with two attached hydrogens (primary N) is 1. The third-order valence-corrected chi connectivity index (χ3v) is 3.34. The summed E-state index contributed by atoms with van der Waals surface area (Å²) in [6, 6.07) is 8.79. The fraction of sp³-hybridized carbons (Fsp3) is 0.250. The third kappa shape index (κ3) is 3.58. The van der Waals surface area contributed by atoms with Crippen LogP contribution in [0.2, 0.25) is 0 Å². The number of anilines is 1. The third-order valence-electron chi connectivity index (χ3n) is 3.34. The zero-order valence-electron chi connectivity index (χ0n) is 12.2. The lowest BCUT2D eigenvalue weighted by Gasteiger charge is -2.13. The number of pyridine rings is 1. The van der Waals surface area contributed by atoms with E-state index in [0.29, 0.717) is 13.1 Å². The maximum absolute atomic E-state index is 10.8. The lowest BCUT2D eigenvalue weighted by Crippen LogP contribution is -2.10. The zero-order chi connectivity index (χ0) is 15.4. The molecule has 0 fully saturated rings. The second-order valence-electron chi connectivity index (χ2n) is 4.97. The van der Waals surface area contributed by atoms with Gasteiger partial charge in [-0.2, -0.15) is 0 Å². The van der Waals surface area contributed by atoms with Crippen molar-refractivity contribution in [2.45, 2.75) is 26.9 Å². The predicted molar refractivity (Wildman–Crippen MR) is 82.3 cm³/mol. The highest BCUT2D eigenvalue weighted by Crippen LogP contribution is 2.19. The average molecular weight is 285 g/mol. The molecule has 0 aliphatic carbocycles. The van der Waals surface area contributed by atoms with Gasteiger partial charge in [-0.1, -0.05) is 12.1 Å². The molecule has 0 aliphatic rings. The SMILES string of the molecule is Cc1cc(C)c(CN)c(NCc2ccc(C(=O)O)cc2)n1. The first-order chi connectivity index (χ1) is 10.0. The normalized spacial score (nSPS) is 10.4. The molecule has 1 aromatic carbocycles. The van der Waals surface area contributed by atoms with Crippen molar-refractivity contribution >= 4 is 11.8 Å². The molecule has 0 atom stereocenters. The van der Waals surface area contributed by atoms with Crippen molar-refractivity contribution in [1.82, 2.24) is 4.98 Å². The Labute approximate surface area is 123 Å². The van der Waals surface area contributed by atoms with Gasteiger partial charge >= 0.3 is 5.97 Å². The molecule has 0 radical (unpaired) electrons. The summed E-state index contributed by atoms with van der Waals surface area (Å²) in [4.78, 5) is 15.3. The van der Waals surface area contributed by atoms with E-state index in [-0.39, 0.29) is 5.56 Å². The maximum Gasteiger partial charge on any atom is 0.335 e. The first-order valence-corrected chi connectivity index (χ1v) is 6.74. The fourth-order valence-corrected chi connectivity index (χ4v) is 2.22. The van der Waals surface area contributed by atoms with Gasteiger partial charge in [0.15, 0.2) is 0 Å². The number of aryl methyl sites for hydroxylation is 2. The van der Waals surface area contributed by atoms with E-state index in [1.807, 2.05) is 19.9 Å². The number of benzene rings is 1. The van der Waals surface area contributed by atoms with Gasteiger partial charge in [-0.25, -0.2) is 9.78 Å². The Morgan fingerprint density at radius 1 is 1.29 bits per heavy atom. The Hall–Kier alpha value is -2.40. The molecule has 5 nitrogen and oxygen atoms in total. The molecule has 2 aromatic rings. The molecule has 5 heteroatoms. The van der Waals surface area contributed by atoms with Crippen LogP contribution < -0.4 is 11.1 Å². The number of hydrogen-bond acceptors (Lipinski definition) is 4. The van der Waals surface area contributed by atoms with Crippen LogP contribution in [0, 0.1) is 13.8 Å². The predicted octanol–water partition coefficient (Wildman–Crippen LogP) is 2.47. The summed E-state index contributed by atoms with van der Waals surface area (Å²) >= 11 is 0. The van der Waals surface area contributed by atoms with Gasteiger partial charge in [-0.3, -0.25) is 0 Å². The molecule has 0 amide bonds.